The van der Waals surface area contributed by atoms with E-state index in [1.165, 1.54) is 35.0 Å². The lowest BCUT2D eigenvalue weighted by molar-refractivity contribution is -0.139. The number of imide groups is 1. The van der Waals surface area contributed by atoms with Crippen LogP contribution < -0.4 is 0 Å². The van der Waals surface area contributed by atoms with E-state index in [0.717, 1.165) is 11.0 Å². The number of carbonyl (C=O) groups excluding carboxylic acids is 3. The fraction of sp³-hybridized carbons (Fsp3) is 0.500. The monoisotopic (exact) mass is 383 g/mol. The van der Waals surface area contributed by atoms with Crippen LogP contribution in [0.1, 0.15) is 30.9 Å². The van der Waals surface area contributed by atoms with Crippen LogP contribution in [0.15, 0.2) is 24.3 Å². The first kappa shape index (κ1) is 19.2. The molecule has 3 rings (SSSR count). The maximum absolute atomic E-state index is 13.2. The van der Waals surface area contributed by atoms with Gasteiger partial charge in [0.15, 0.2) is 0 Å². The number of amides is 4. The van der Waals surface area contributed by atoms with Gasteiger partial charge in [-0.25, -0.2) is 4.79 Å². The maximum Gasteiger partial charge on any atom is 0.416 e. The van der Waals surface area contributed by atoms with Gasteiger partial charge in [0.25, 0.3) is 5.91 Å². The summed E-state index contributed by atoms with van der Waals surface area (Å²) in [6, 6.07) is 3.39. The van der Waals surface area contributed by atoms with Gasteiger partial charge in [-0.15, -0.1) is 0 Å². The second kappa shape index (κ2) is 6.86. The van der Waals surface area contributed by atoms with Gasteiger partial charge >= 0.3 is 12.2 Å². The minimum Gasteiger partial charge on any atom is -0.336 e. The molecule has 2 unspecified atom stereocenters. The van der Waals surface area contributed by atoms with Crippen molar-refractivity contribution in [2.45, 2.75) is 44.6 Å². The average Bonchev–Trinajstić information content (AvgIpc) is 3.04. The average molecular weight is 383 g/mol. The molecule has 0 spiro atoms. The summed E-state index contributed by atoms with van der Waals surface area (Å²) in [5.74, 6) is -0.736. The van der Waals surface area contributed by atoms with Gasteiger partial charge in [-0.05, 0) is 18.1 Å². The molecular weight excluding hydrogens is 363 g/mol. The summed E-state index contributed by atoms with van der Waals surface area (Å²) < 4.78 is 39.5. The number of hydrogen-bond donors (Lipinski definition) is 0. The summed E-state index contributed by atoms with van der Waals surface area (Å²) in [4.78, 5) is 40.9. The molecule has 2 atom stereocenters. The van der Waals surface area contributed by atoms with Gasteiger partial charge in [-0.1, -0.05) is 25.1 Å². The van der Waals surface area contributed by atoms with Gasteiger partial charge in [0.2, 0.25) is 5.91 Å². The summed E-state index contributed by atoms with van der Waals surface area (Å²) in [5, 5.41) is 0. The molecule has 0 aromatic heterocycles. The van der Waals surface area contributed by atoms with Crippen molar-refractivity contribution in [1.29, 1.82) is 0 Å². The van der Waals surface area contributed by atoms with Crippen LogP contribution in [-0.4, -0.2) is 58.2 Å². The van der Waals surface area contributed by atoms with E-state index < -0.39 is 29.9 Å². The molecule has 0 aliphatic carbocycles. The number of likely N-dealkylation sites (tertiary alicyclic amines) is 1. The van der Waals surface area contributed by atoms with Gasteiger partial charge in [0.05, 0.1) is 11.6 Å². The van der Waals surface area contributed by atoms with E-state index in [1.54, 1.807) is 6.92 Å². The van der Waals surface area contributed by atoms with E-state index in [-0.39, 0.29) is 36.9 Å². The number of likely N-dealkylation sites (N-methyl/N-ethyl adjacent to an activating group) is 1. The summed E-state index contributed by atoms with van der Waals surface area (Å²) >= 11 is 0. The first-order valence-corrected chi connectivity index (χ1v) is 8.67. The molecule has 2 fully saturated rings. The molecule has 0 radical (unpaired) electrons. The molecule has 146 valence electrons. The third-order valence-corrected chi connectivity index (χ3v) is 5.13. The van der Waals surface area contributed by atoms with E-state index in [2.05, 4.69) is 0 Å². The molecule has 6 nitrogen and oxygen atoms in total. The molecule has 1 aromatic rings. The smallest absolute Gasteiger partial charge is 0.336 e. The van der Waals surface area contributed by atoms with Crippen molar-refractivity contribution in [3.05, 3.63) is 35.4 Å². The molecule has 2 aliphatic heterocycles. The van der Waals surface area contributed by atoms with Crippen LogP contribution in [0.5, 0.6) is 0 Å². The van der Waals surface area contributed by atoms with Gasteiger partial charge < -0.3 is 9.80 Å². The molecule has 2 saturated heterocycles. The summed E-state index contributed by atoms with van der Waals surface area (Å²) in [7, 11) is 1.53. The Balaban J connectivity index is 1.78. The Morgan fingerprint density at radius 3 is 2.41 bits per heavy atom. The fourth-order valence-corrected chi connectivity index (χ4v) is 3.73. The number of carbonyl (C=O) groups is 3. The van der Waals surface area contributed by atoms with E-state index in [4.69, 9.17) is 0 Å². The minimum absolute atomic E-state index is 0.0124. The Bertz CT molecular complexity index is 781. The summed E-state index contributed by atoms with van der Waals surface area (Å²) in [6.07, 6.45) is -4.13. The van der Waals surface area contributed by atoms with Crippen LogP contribution in [0.2, 0.25) is 0 Å². The molecule has 4 amide bonds. The number of rotatable bonds is 4. The second-order valence-corrected chi connectivity index (χ2v) is 6.81. The maximum atomic E-state index is 13.2. The van der Waals surface area contributed by atoms with Crippen molar-refractivity contribution in [3.63, 3.8) is 0 Å². The third-order valence-electron chi connectivity index (χ3n) is 5.13. The van der Waals surface area contributed by atoms with E-state index in [1.807, 2.05) is 0 Å². The Morgan fingerprint density at radius 2 is 1.81 bits per heavy atom. The highest BCUT2D eigenvalue weighted by molar-refractivity contribution is 6.05. The Kier molecular flexibility index (Phi) is 4.88. The van der Waals surface area contributed by atoms with Crippen LogP contribution in [0.25, 0.3) is 0 Å². The molecule has 0 saturated carbocycles. The van der Waals surface area contributed by atoms with Crippen molar-refractivity contribution >= 4 is 17.8 Å². The van der Waals surface area contributed by atoms with Crippen molar-refractivity contribution in [2.75, 3.05) is 13.6 Å². The molecule has 0 bridgehead atoms. The number of urea groups is 1. The highest BCUT2D eigenvalue weighted by Gasteiger charge is 2.48. The first-order valence-electron chi connectivity index (χ1n) is 8.67. The van der Waals surface area contributed by atoms with E-state index in [9.17, 15) is 27.6 Å². The van der Waals surface area contributed by atoms with Gasteiger partial charge in [-0.3, -0.25) is 14.5 Å². The number of hydrogen-bond acceptors (Lipinski definition) is 3. The SMILES string of the molecule is CCC1C(=O)N(C2CC(=O)N(Cc3ccccc3C(F)(F)F)C2)C(=O)N1C. The standard InChI is InChI=1S/C18H20F3N3O3/c1-3-14-16(26)24(17(27)22(14)2)12-8-15(25)23(10-12)9-11-6-4-5-7-13(11)18(19,20)21/h4-7,12,14H,3,8-10H2,1-2H3. The lowest BCUT2D eigenvalue weighted by Gasteiger charge is -2.23. The largest absolute Gasteiger partial charge is 0.416 e. The Morgan fingerprint density at radius 1 is 1.15 bits per heavy atom. The van der Waals surface area contributed by atoms with Crippen LogP contribution in [0.4, 0.5) is 18.0 Å². The normalized spacial score (nSPS) is 23.7. The Hall–Kier alpha value is -2.58. The summed E-state index contributed by atoms with van der Waals surface area (Å²) in [5.41, 5.74) is -0.804. The lowest BCUT2D eigenvalue weighted by Crippen LogP contribution is -2.42. The number of nitrogens with zero attached hydrogens (tertiary/aromatic N) is 3. The molecule has 2 aliphatic rings. The van der Waals surface area contributed by atoms with E-state index in [0.29, 0.717) is 6.42 Å². The minimum atomic E-state index is -4.52. The first-order chi connectivity index (χ1) is 12.6. The number of alkyl halides is 3. The van der Waals surface area contributed by atoms with Crippen molar-refractivity contribution in [1.82, 2.24) is 14.7 Å². The quantitative estimate of drug-likeness (QED) is 0.751. The second-order valence-electron chi connectivity index (χ2n) is 6.81. The highest BCUT2D eigenvalue weighted by Crippen LogP contribution is 2.33. The van der Waals surface area contributed by atoms with Crippen molar-refractivity contribution < 1.29 is 27.6 Å². The van der Waals surface area contributed by atoms with Gasteiger partial charge in [-0.2, -0.15) is 13.2 Å². The summed E-state index contributed by atoms with van der Waals surface area (Å²) in [6.45, 7) is 1.61. The van der Waals surface area contributed by atoms with E-state index >= 15 is 0 Å². The zero-order valence-electron chi connectivity index (χ0n) is 15.0. The van der Waals surface area contributed by atoms with Crippen molar-refractivity contribution in [2.24, 2.45) is 0 Å². The molecule has 2 heterocycles. The lowest BCUT2D eigenvalue weighted by atomic mass is 10.1. The van der Waals surface area contributed by atoms with Crippen LogP contribution in [0.3, 0.4) is 0 Å². The van der Waals surface area contributed by atoms with Crippen LogP contribution >= 0.6 is 0 Å². The zero-order valence-corrected chi connectivity index (χ0v) is 15.0. The molecule has 1 aromatic carbocycles. The molecular formula is C18H20F3N3O3. The molecule has 0 N–H and O–H groups in total. The topological polar surface area (TPSA) is 60.9 Å². The molecule has 27 heavy (non-hydrogen) atoms. The predicted molar refractivity (Wildman–Crippen MR) is 89.4 cm³/mol. The highest BCUT2D eigenvalue weighted by atomic mass is 19.4. The van der Waals surface area contributed by atoms with Crippen molar-refractivity contribution in [3.8, 4) is 0 Å². The fourth-order valence-electron chi connectivity index (χ4n) is 3.73. The van der Waals surface area contributed by atoms with Gasteiger partial charge in [0, 0.05) is 26.6 Å². The number of halogens is 3. The predicted octanol–water partition coefficient (Wildman–Crippen LogP) is 2.48. The number of benzene rings is 1. The van der Waals surface area contributed by atoms with Gasteiger partial charge in [0.1, 0.15) is 6.04 Å². The van der Waals surface area contributed by atoms with Crippen LogP contribution in [-0.2, 0) is 22.3 Å². The Labute approximate surface area is 154 Å². The van der Waals surface area contributed by atoms with Crippen LogP contribution in [0, 0.1) is 0 Å². The third kappa shape index (κ3) is 3.38. The zero-order chi connectivity index (χ0) is 19.9. The molecule has 9 heteroatoms.